The van der Waals surface area contributed by atoms with Gasteiger partial charge in [-0.2, -0.15) is 13.2 Å². The van der Waals surface area contributed by atoms with Crippen molar-refractivity contribution >= 4 is 0 Å². The van der Waals surface area contributed by atoms with E-state index in [1.165, 1.54) is 12.1 Å². The molecule has 0 aliphatic heterocycles. The molecule has 0 amide bonds. The van der Waals surface area contributed by atoms with Crippen molar-refractivity contribution in [1.82, 2.24) is 15.0 Å². The lowest BCUT2D eigenvalue weighted by atomic mass is 10.0. The van der Waals surface area contributed by atoms with Gasteiger partial charge in [-0.3, -0.25) is 5.84 Å². The van der Waals surface area contributed by atoms with Crippen LogP contribution in [0.4, 0.5) is 13.2 Å². The van der Waals surface area contributed by atoms with E-state index >= 15 is 0 Å². The van der Waals surface area contributed by atoms with Crippen LogP contribution in [0, 0.1) is 0 Å². The van der Waals surface area contributed by atoms with Crippen LogP contribution >= 0.6 is 0 Å². The van der Waals surface area contributed by atoms with Gasteiger partial charge in [0.1, 0.15) is 5.82 Å². The third-order valence-electron chi connectivity index (χ3n) is 3.32. The number of aromatic nitrogens is 2. The summed E-state index contributed by atoms with van der Waals surface area (Å²) in [6.07, 6.45) is -0.337. The Hall–Kier alpha value is -1.86. The van der Waals surface area contributed by atoms with E-state index in [4.69, 9.17) is 5.84 Å². The van der Waals surface area contributed by atoms with Gasteiger partial charge in [-0.25, -0.2) is 10.4 Å². The summed E-state index contributed by atoms with van der Waals surface area (Å²) in [7, 11) is 0. The zero-order valence-corrected chi connectivity index (χ0v) is 11.6. The number of aryl methyl sites for hydroxylation is 1. The van der Waals surface area contributed by atoms with E-state index in [2.05, 4.69) is 10.4 Å². The molecule has 1 atom stereocenters. The van der Waals surface area contributed by atoms with E-state index in [1.807, 2.05) is 17.7 Å². The second-order valence-corrected chi connectivity index (χ2v) is 4.69. The highest BCUT2D eigenvalue weighted by Gasteiger charge is 2.30. The summed E-state index contributed by atoms with van der Waals surface area (Å²) in [6.45, 7) is 2.73. The Morgan fingerprint density at radius 1 is 1.29 bits per heavy atom. The molecule has 0 bridgehead atoms. The molecule has 114 valence electrons. The summed E-state index contributed by atoms with van der Waals surface area (Å²) in [6, 6.07) is 4.83. The third kappa shape index (κ3) is 3.62. The van der Waals surface area contributed by atoms with Crippen LogP contribution in [0.15, 0.2) is 36.7 Å². The SMILES string of the molecule is CCn1ccnc1C(Cc1ccc(C(F)(F)F)cc1)NN. The first-order valence-electron chi connectivity index (χ1n) is 6.59. The Morgan fingerprint density at radius 2 is 1.95 bits per heavy atom. The highest BCUT2D eigenvalue weighted by atomic mass is 19.4. The first-order valence-corrected chi connectivity index (χ1v) is 6.59. The number of imidazole rings is 1. The highest BCUT2D eigenvalue weighted by molar-refractivity contribution is 5.25. The predicted octanol–water partition coefficient (Wildman–Crippen LogP) is 2.67. The number of alkyl halides is 3. The summed E-state index contributed by atoms with van der Waals surface area (Å²) < 4.78 is 39.5. The van der Waals surface area contributed by atoms with E-state index in [0.717, 1.165) is 30.1 Å². The molecule has 0 radical (unpaired) electrons. The number of nitrogens with zero attached hydrogens (tertiary/aromatic N) is 2. The molecule has 0 aliphatic carbocycles. The second-order valence-electron chi connectivity index (χ2n) is 4.69. The average molecular weight is 298 g/mol. The van der Waals surface area contributed by atoms with Crippen LogP contribution in [0.1, 0.15) is 29.9 Å². The minimum absolute atomic E-state index is 0.253. The first-order chi connectivity index (χ1) is 9.95. The van der Waals surface area contributed by atoms with Gasteiger partial charge < -0.3 is 4.57 Å². The Morgan fingerprint density at radius 3 is 2.48 bits per heavy atom. The van der Waals surface area contributed by atoms with Gasteiger partial charge in [-0.05, 0) is 31.0 Å². The largest absolute Gasteiger partial charge is 0.416 e. The normalized spacial score (nSPS) is 13.4. The maximum Gasteiger partial charge on any atom is 0.416 e. The van der Waals surface area contributed by atoms with Gasteiger partial charge in [0.05, 0.1) is 11.6 Å². The minimum Gasteiger partial charge on any atom is -0.334 e. The van der Waals surface area contributed by atoms with Crippen LogP contribution in [-0.2, 0) is 19.1 Å². The number of nitrogens with two attached hydrogens (primary N) is 1. The molecule has 1 aromatic heterocycles. The molecule has 0 saturated carbocycles. The monoisotopic (exact) mass is 298 g/mol. The number of hydrazine groups is 1. The summed E-state index contributed by atoms with van der Waals surface area (Å²) in [5.74, 6) is 6.32. The van der Waals surface area contributed by atoms with Crippen molar-refractivity contribution in [3.8, 4) is 0 Å². The topological polar surface area (TPSA) is 55.9 Å². The number of rotatable bonds is 5. The van der Waals surface area contributed by atoms with Gasteiger partial charge in [0, 0.05) is 18.9 Å². The predicted molar refractivity (Wildman–Crippen MR) is 73.1 cm³/mol. The zero-order chi connectivity index (χ0) is 15.5. The standard InChI is InChI=1S/C14H17F3N4/c1-2-21-8-7-19-13(21)12(20-18)9-10-3-5-11(6-4-10)14(15,16)17/h3-8,12,20H,2,9,18H2,1H3. The molecule has 2 aromatic rings. The van der Waals surface area contributed by atoms with Crippen molar-refractivity contribution < 1.29 is 13.2 Å². The fourth-order valence-electron chi connectivity index (χ4n) is 2.19. The van der Waals surface area contributed by atoms with Gasteiger partial charge >= 0.3 is 6.18 Å². The fourth-order valence-corrected chi connectivity index (χ4v) is 2.19. The maximum absolute atomic E-state index is 12.5. The molecule has 0 aliphatic rings. The Kier molecular flexibility index (Phi) is 4.64. The van der Waals surface area contributed by atoms with Crippen LogP contribution < -0.4 is 11.3 Å². The number of halogens is 3. The van der Waals surface area contributed by atoms with Crippen molar-refractivity contribution in [3.05, 3.63) is 53.6 Å². The Labute approximate surface area is 120 Å². The first kappa shape index (κ1) is 15.5. The second kappa shape index (κ2) is 6.28. The molecular weight excluding hydrogens is 281 g/mol. The number of benzene rings is 1. The maximum atomic E-state index is 12.5. The van der Waals surface area contributed by atoms with Gasteiger partial charge in [0.25, 0.3) is 0 Å². The molecule has 21 heavy (non-hydrogen) atoms. The lowest BCUT2D eigenvalue weighted by Crippen LogP contribution is -2.31. The van der Waals surface area contributed by atoms with Crippen LogP contribution in [0.3, 0.4) is 0 Å². The van der Waals surface area contributed by atoms with E-state index in [1.54, 1.807) is 6.20 Å². The lowest BCUT2D eigenvalue weighted by Gasteiger charge is -2.17. The number of hydrogen-bond acceptors (Lipinski definition) is 3. The molecule has 1 aromatic carbocycles. The Balaban J connectivity index is 2.16. The number of hydrogen-bond donors (Lipinski definition) is 2. The summed E-state index contributed by atoms with van der Waals surface area (Å²) in [5, 5.41) is 0. The van der Waals surface area contributed by atoms with Gasteiger partial charge in [-0.1, -0.05) is 12.1 Å². The van der Waals surface area contributed by atoms with Crippen molar-refractivity contribution in [1.29, 1.82) is 0 Å². The van der Waals surface area contributed by atoms with Crippen molar-refractivity contribution in [3.63, 3.8) is 0 Å². The van der Waals surface area contributed by atoms with Crippen molar-refractivity contribution in [2.24, 2.45) is 5.84 Å². The molecular formula is C14H17F3N4. The molecule has 0 spiro atoms. The summed E-state index contributed by atoms with van der Waals surface area (Å²) in [4.78, 5) is 4.25. The van der Waals surface area contributed by atoms with Crippen molar-refractivity contribution in [2.75, 3.05) is 0 Å². The molecule has 7 heteroatoms. The third-order valence-corrected chi connectivity index (χ3v) is 3.32. The van der Waals surface area contributed by atoms with E-state index in [-0.39, 0.29) is 6.04 Å². The minimum atomic E-state index is -4.32. The van der Waals surface area contributed by atoms with Crippen LogP contribution in [0.5, 0.6) is 0 Å². The average Bonchev–Trinajstić information content (AvgIpc) is 2.92. The smallest absolute Gasteiger partial charge is 0.334 e. The number of nitrogens with one attached hydrogen (secondary N) is 1. The van der Waals surface area contributed by atoms with Gasteiger partial charge in [-0.15, -0.1) is 0 Å². The Bertz CT molecular complexity index is 575. The van der Waals surface area contributed by atoms with Gasteiger partial charge in [0.15, 0.2) is 0 Å². The van der Waals surface area contributed by atoms with E-state index < -0.39 is 11.7 Å². The zero-order valence-electron chi connectivity index (χ0n) is 11.6. The van der Waals surface area contributed by atoms with Gasteiger partial charge in [0.2, 0.25) is 0 Å². The molecule has 1 unspecified atom stereocenters. The molecule has 1 heterocycles. The van der Waals surface area contributed by atoms with E-state index in [9.17, 15) is 13.2 Å². The quantitative estimate of drug-likeness (QED) is 0.659. The molecule has 0 saturated heterocycles. The van der Waals surface area contributed by atoms with Crippen LogP contribution in [0.2, 0.25) is 0 Å². The van der Waals surface area contributed by atoms with Crippen LogP contribution in [-0.4, -0.2) is 9.55 Å². The van der Waals surface area contributed by atoms with Crippen molar-refractivity contribution in [2.45, 2.75) is 32.1 Å². The highest BCUT2D eigenvalue weighted by Crippen LogP contribution is 2.29. The van der Waals surface area contributed by atoms with E-state index in [0.29, 0.717) is 6.42 Å². The molecule has 2 rings (SSSR count). The summed E-state index contributed by atoms with van der Waals surface area (Å²) >= 11 is 0. The molecule has 4 nitrogen and oxygen atoms in total. The fraction of sp³-hybridized carbons (Fsp3) is 0.357. The molecule has 3 N–H and O–H groups in total. The molecule has 0 fully saturated rings. The lowest BCUT2D eigenvalue weighted by molar-refractivity contribution is -0.137. The van der Waals surface area contributed by atoms with Crippen LogP contribution in [0.25, 0.3) is 0 Å². The summed E-state index contributed by atoms with van der Waals surface area (Å²) in [5.41, 5.74) is 2.77.